The van der Waals surface area contributed by atoms with Crippen molar-refractivity contribution >= 4 is 28.6 Å². The molecule has 0 saturated carbocycles. The van der Waals surface area contributed by atoms with Gasteiger partial charge in [-0.1, -0.05) is 6.92 Å². The van der Waals surface area contributed by atoms with Crippen LogP contribution in [-0.4, -0.2) is 24.5 Å². The third-order valence-electron chi connectivity index (χ3n) is 3.51. The first-order valence-corrected chi connectivity index (χ1v) is 9.26. The maximum atomic E-state index is 4.67. The normalized spacial score (nSPS) is 11.7. The van der Waals surface area contributed by atoms with E-state index in [0.717, 1.165) is 31.9 Å². The summed E-state index contributed by atoms with van der Waals surface area (Å²) in [6.07, 6.45) is 1.95. The minimum Gasteiger partial charge on any atom is -0.356 e. The highest BCUT2D eigenvalue weighted by molar-refractivity contribution is 7.11. The summed E-state index contributed by atoms with van der Waals surface area (Å²) in [5, 5.41) is 10.0. The lowest BCUT2D eigenvalue weighted by atomic mass is 10.3. The lowest BCUT2D eigenvalue weighted by Crippen LogP contribution is -2.37. The second-order valence-corrected chi connectivity index (χ2v) is 7.38. The Balaban J connectivity index is 1.77. The summed E-state index contributed by atoms with van der Waals surface area (Å²) >= 11 is 3.58. The van der Waals surface area contributed by atoms with Gasteiger partial charge in [-0.2, -0.15) is 0 Å². The summed E-state index contributed by atoms with van der Waals surface area (Å²) in [5.74, 6) is 0.844. The number of aromatic nitrogens is 1. The number of hydrogen-bond donors (Lipinski definition) is 2. The van der Waals surface area contributed by atoms with E-state index >= 15 is 0 Å². The summed E-state index contributed by atoms with van der Waals surface area (Å²) in [6, 6.07) is 2.15. The SMILES string of the molecule is CCc1nc(CCNC(=NC)NCc2sccc2C)sc1C. The molecule has 0 aromatic carbocycles. The first kappa shape index (κ1) is 17.0. The molecule has 0 aliphatic heterocycles. The zero-order chi connectivity index (χ0) is 15.9. The van der Waals surface area contributed by atoms with Crippen molar-refractivity contribution < 1.29 is 0 Å². The molecule has 0 radical (unpaired) electrons. The standard InChI is InChI=1S/C16H24N4S2/c1-5-13-12(3)22-15(20-13)6-8-18-16(17-4)19-10-14-11(2)7-9-21-14/h7,9H,5-6,8,10H2,1-4H3,(H2,17,18,19). The Bertz CT molecular complexity index is 628. The van der Waals surface area contributed by atoms with Crippen molar-refractivity contribution in [3.63, 3.8) is 0 Å². The smallest absolute Gasteiger partial charge is 0.191 e. The van der Waals surface area contributed by atoms with Crippen LogP contribution in [0.1, 0.15) is 32.9 Å². The number of aryl methyl sites for hydroxylation is 3. The number of thiophene rings is 1. The van der Waals surface area contributed by atoms with Crippen LogP contribution in [0.25, 0.3) is 0 Å². The summed E-state index contributed by atoms with van der Waals surface area (Å²) in [4.78, 5) is 11.6. The van der Waals surface area contributed by atoms with E-state index in [0.29, 0.717) is 0 Å². The highest BCUT2D eigenvalue weighted by Gasteiger charge is 2.06. The fraction of sp³-hybridized carbons (Fsp3) is 0.500. The maximum absolute atomic E-state index is 4.67. The molecular formula is C16H24N4S2. The zero-order valence-electron chi connectivity index (χ0n) is 13.7. The molecule has 0 spiro atoms. The van der Waals surface area contributed by atoms with Crippen molar-refractivity contribution in [1.82, 2.24) is 15.6 Å². The Morgan fingerprint density at radius 1 is 1.32 bits per heavy atom. The van der Waals surface area contributed by atoms with Gasteiger partial charge in [0.1, 0.15) is 0 Å². The quantitative estimate of drug-likeness (QED) is 0.629. The predicted molar refractivity (Wildman–Crippen MR) is 97.2 cm³/mol. The van der Waals surface area contributed by atoms with Crippen molar-refractivity contribution in [3.8, 4) is 0 Å². The van der Waals surface area contributed by atoms with E-state index in [4.69, 9.17) is 0 Å². The van der Waals surface area contributed by atoms with E-state index in [1.807, 2.05) is 0 Å². The van der Waals surface area contributed by atoms with Crippen LogP contribution in [0.2, 0.25) is 0 Å². The van der Waals surface area contributed by atoms with E-state index < -0.39 is 0 Å². The second-order valence-electron chi connectivity index (χ2n) is 5.09. The summed E-state index contributed by atoms with van der Waals surface area (Å²) in [7, 11) is 1.80. The molecule has 2 heterocycles. The van der Waals surface area contributed by atoms with Gasteiger partial charge in [0.25, 0.3) is 0 Å². The molecule has 0 fully saturated rings. The van der Waals surface area contributed by atoms with Gasteiger partial charge >= 0.3 is 0 Å². The van der Waals surface area contributed by atoms with Crippen LogP contribution >= 0.6 is 22.7 Å². The Morgan fingerprint density at radius 3 is 2.73 bits per heavy atom. The van der Waals surface area contributed by atoms with Gasteiger partial charge in [0.05, 0.1) is 17.2 Å². The van der Waals surface area contributed by atoms with Gasteiger partial charge in [-0.05, 0) is 37.3 Å². The number of nitrogens with one attached hydrogen (secondary N) is 2. The molecule has 2 N–H and O–H groups in total. The summed E-state index contributed by atoms with van der Waals surface area (Å²) in [5.41, 5.74) is 2.56. The van der Waals surface area contributed by atoms with Crippen molar-refractivity contribution in [2.45, 2.75) is 40.2 Å². The Labute approximate surface area is 140 Å². The maximum Gasteiger partial charge on any atom is 0.191 e. The molecule has 6 heteroatoms. The van der Waals surface area contributed by atoms with Gasteiger partial charge in [0.15, 0.2) is 5.96 Å². The van der Waals surface area contributed by atoms with Crippen LogP contribution in [0.15, 0.2) is 16.4 Å². The van der Waals surface area contributed by atoms with Gasteiger partial charge in [0.2, 0.25) is 0 Å². The Morgan fingerprint density at radius 2 is 2.14 bits per heavy atom. The molecule has 0 saturated heterocycles. The molecule has 120 valence electrons. The molecule has 22 heavy (non-hydrogen) atoms. The minimum absolute atomic E-state index is 0.819. The lowest BCUT2D eigenvalue weighted by Gasteiger charge is -2.11. The van der Waals surface area contributed by atoms with Gasteiger partial charge in [-0.15, -0.1) is 22.7 Å². The Hall–Kier alpha value is -1.40. The predicted octanol–water partition coefficient (Wildman–Crippen LogP) is 3.29. The van der Waals surface area contributed by atoms with E-state index in [9.17, 15) is 0 Å². The molecule has 2 rings (SSSR count). The first-order chi connectivity index (χ1) is 10.6. The van der Waals surface area contributed by atoms with Crippen LogP contribution in [-0.2, 0) is 19.4 Å². The summed E-state index contributed by atoms with van der Waals surface area (Å²) < 4.78 is 0. The number of nitrogens with zero attached hydrogens (tertiary/aromatic N) is 2. The average Bonchev–Trinajstić information content (AvgIpc) is 3.08. The largest absolute Gasteiger partial charge is 0.356 e. The highest BCUT2D eigenvalue weighted by Crippen LogP contribution is 2.18. The van der Waals surface area contributed by atoms with E-state index in [-0.39, 0.29) is 0 Å². The molecule has 0 aliphatic rings. The van der Waals surface area contributed by atoms with E-state index in [1.54, 1.807) is 29.7 Å². The average molecular weight is 337 g/mol. The van der Waals surface area contributed by atoms with Crippen LogP contribution in [0, 0.1) is 13.8 Å². The molecule has 0 aliphatic carbocycles. The first-order valence-electron chi connectivity index (χ1n) is 7.56. The number of hydrogen-bond acceptors (Lipinski definition) is 4. The van der Waals surface area contributed by atoms with Crippen LogP contribution in [0.3, 0.4) is 0 Å². The van der Waals surface area contributed by atoms with E-state index in [2.05, 4.69) is 52.8 Å². The molecule has 0 bridgehead atoms. The van der Waals surface area contributed by atoms with E-state index in [1.165, 1.54) is 26.0 Å². The lowest BCUT2D eigenvalue weighted by molar-refractivity contribution is 0.792. The number of rotatable bonds is 6. The minimum atomic E-state index is 0.819. The monoisotopic (exact) mass is 336 g/mol. The molecule has 0 unspecified atom stereocenters. The molecule has 0 atom stereocenters. The fourth-order valence-electron chi connectivity index (χ4n) is 2.18. The van der Waals surface area contributed by atoms with Gasteiger partial charge < -0.3 is 10.6 Å². The molecule has 0 amide bonds. The molecule has 2 aromatic heterocycles. The van der Waals surface area contributed by atoms with Crippen LogP contribution in [0.4, 0.5) is 0 Å². The van der Waals surface area contributed by atoms with Crippen molar-refractivity contribution in [2.75, 3.05) is 13.6 Å². The van der Waals surface area contributed by atoms with Crippen molar-refractivity contribution in [1.29, 1.82) is 0 Å². The van der Waals surface area contributed by atoms with Crippen LogP contribution in [0.5, 0.6) is 0 Å². The second kappa shape index (κ2) is 8.29. The third kappa shape index (κ3) is 4.55. The van der Waals surface area contributed by atoms with Gasteiger partial charge in [-0.3, -0.25) is 4.99 Å². The van der Waals surface area contributed by atoms with Gasteiger partial charge in [-0.25, -0.2) is 4.98 Å². The third-order valence-corrected chi connectivity index (χ3v) is 5.61. The fourth-order valence-corrected chi connectivity index (χ4v) is 4.05. The number of guanidine groups is 1. The number of thiazole rings is 1. The van der Waals surface area contributed by atoms with Crippen molar-refractivity contribution in [3.05, 3.63) is 37.5 Å². The van der Waals surface area contributed by atoms with Gasteiger partial charge in [0, 0.05) is 29.8 Å². The topological polar surface area (TPSA) is 49.3 Å². The van der Waals surface area contributed by atoms with Crippen molar-refractivity contribution in [2.24, 2.45) is 4.99 Å². The molecule has 4 nitrogen and oxygen atoms in total. The molecular weight excluding hydrogens is 312 g/mol. The van der Waals surface area contributed by atoms with Crippen LogP contribution < -0.4 is 10.6 Å². The zero-order valence-corrected chi connectivity index (χ0v) is 15.3. The number of aliphatic imine (C=N–C) groups is 1. The Kier molecular flexibility index (Phi) is 6.39. The highest BCUT2D eigenvalue weighted by atomic mass is 32.1. The summed E-state index contributed by atoms with van der Waals surface area (Å²) in [6.45, 7) is 8.11. The molecule has 2 aromatic rings.